The maximum absolute atomic E-state index is 12.0. The molecule has 0 spiro atoms. The molecule has 2 aliphatic rings. The van der Waals surface area contributed by atoms with Gasteiger partial charge in [-0.2, -0.15) is 0 Å². The number of carbonyl (C=O) groups excluding carboxylic acids is 1. The van der Waals surface area contributed by atoms with Crippen molar-refractivity contribution in [3.63, 3.8) is 0 Å². The molecule has 0 N–H and O–H groups in total. The molecule has 3 aromatic rings. The maximum atomic E-state index is 12.0. The van der Waals surface area contributed by atoms with Crippen molar-refractivity contribution in [1.29, 1.82) is 0 Å². The lowest BCUT2D eigenvalue weighted by Gasteiger charge is -2.39. The van der Waals surface area contributed by atoms with Crippen LogP contribution < -0.4 is 10.4 Å². The quantitative estimate of drug-likeness (QED) is 0.507. The molecule has 1 aliphatic heterocycles. The van der Waals surface area contributed by atoms with Crippen LogP contribution in [0, 0.1) is 12.8 Å². The first-order valence-corrected chi connectivity index (χ1v) is 11.9. The summed E-state index contributed by atoms with van der Waals surface area (Å²) in [6.45, 7) is 8.56. The van der Waals surface area contributed by atoms with E-state index in [1.807, 2.05) is 31.2 Å². The Hall–Kier alpha value is -3.43. The third-order valence-corrected chi connectivity index (χ3v) is 6.56. The average molecular weight is 451 g/mol. The van der Waals surface area contributed by atoms with E-state index in [1.54, 1.807) is 0 Å². The van der Waals surface area contributed by atoms with Gasteiger partial charge in [-0.15, -0.1) is 0 Å². The summed E-state index contributed by atoms with van der Waals surface area (Å²) in [7, 11) is 0. The lowest BCUT2D eigenvalue weighted by atomic mass is 9.79. The lowest BCUT2D eigenvalue weighted by Crippen LogP contribution is -2.43. The second-order valence-electron chi connectivity index (χ2n) is 9.65. The molecule has 0 radical (unpaired) electrons. The number of benzene rings is 3. The largest absolute Gasteiger partial charge is 0.462 e. The predicted molar refractivity (Wildman–Crippen MR) is 138 cm³/mol. The summed E-state index contributed by atoms with van der Waals surface area (Å²) in [6, 6.07) is 22.9. The minimum absolute atomic E-state index is 0.00138. The molecule has 3 heteroatoms. The molecule has 2 atom stereocenters. The molecule has 3 aromatic carbocycles. The van der Waals surface area contributed by atoms with Crippen LogP contribution in [0.25, 0.3) is 28.9 Å². The van der Waals surface area contributed by atoms with Crippen LogP contribution in [-0.2, 0) is 9.47 Å². The van der Waals surface area contributed by atoms with Gasteiger partial charge in [0.2, 0.25) is 0 Å². The second-order valence-corrected chi connectivity index (χ2v) is 9.65. The molecule has 1 aliphatic carbocycles. The predicted octanol–water partition coefficient (Wildman–Crippen LogP) is 5.29. The molecule has 5 rings (SSSR count). The maximum Gasteiger partial charge on any atom is 0.338 e. The van der Waals surface area contributed by atoms with Crippen LogP contribution in [-0.4, -0.2) is 24.3 Å². The minimum Gasteiger partial charge on any atom is -0.462 e. The van der Waals surface area contributed by atoms with E-state index in [0.29, 0.717) is 12.2 Å². The van der Waals surface area contributed by atoms with Gasteiger partial charge < -0.3 is 9.47 Å². The summed E-state index contributed by atoms with van der Waals surface area (Å²) >= 11 is 0. The van der Waals surface area contributed by atoms with Crippen molar-refractivity contribution in [3.8, 4) is 11.1 Å². The molecule has 172 valence electrons. The van der Waals surface area contributed by atoms with Gasteiger partial charge in [-0.05, 0) is 90.7 Å². The molecule has 0 bridgehead atoms. The van der Waals surface area contributed by atoms with E-state index >= 15 is 0 Å². The van der Waals surface area contributed by atoms with Gasteiger partial charge >= 0.3 is 5.97 Å². The van der Waals surface area contributed by atoms with Crippen LogP contribution in [0.15, 0.2) is 72.8 Å². The van der Waals surface area contributed by atoms with Crippen molar-refractivity contribution in [2.24, 2.45) is 5.92 Å². The summed E-state index contributed by atoms with van der Waals surface area (Å²) in [4.78, 5) is 12.0. The molecular weight excluding hydrogens is 420 g/mol. The first kappa shape index (κ1) is 22.4. The van der Waals surface area contributed by atoms with Gasteiger partial charge in [0.1, 0.15) is 0 Å². The Kier molecular flexibility index (Phi) is 5.75. The first-order chi connectivity index (χ1) is 16.3. The summed E-state index contributed by atoms with van der Waals surface area (Å²) in [5.74, 6) is -0.131. The fourth-order valence-electron chi connectivity index (χ4n) is 4.88. The number of hydrogen-bond donors (Lipinski definition) is 0. The zero-order valence-electron chi connectivity index (χ0n) is 20.2. The zero-order valence-corrected chi connectivity index (χ0v) is 20.2. The highest BCUT2D eigenvalue weighted by Crippen LogP contribution is 2.39. The van der Waals surface area contributed by atoms with E-state index < -0.39 is 0 Å². The Morgan fingerprint density at radius 3 is 2.26 bits per heavy atom. The first-order valence-electron chi connectivity index (χ1n) is 11.9. The molecule has 0 saturated heterocycles. The van der Waals surface area contributed by atoms with Gasteiger partial charge in [0, 0.05) is 5.92 Å². The molecule has 1 heterocycles. The Bertz CT molecular complexity index is 1380. The Morgan fingerprint density at radius 2 is 1.56 bits per heavy atom. The van der Waals surface area contributed by atoms with Crippen LogP contribution in [0.4, 0.5) is 0 Å². The Morgan fingerprint density at radius 1 is 0.882 bits per heavy atom. The molecule has 34 heavy (non-hydrogen) atoms. The standard InChI is InChI=1S/C31H30O3/c1-5-33-30(32)23-12-10-21(11-13-23)24-14-15-25-18-29-27(17-26(25)16-24)28(19-31(3,4)34-29)22-8-6-20(2)7-9-22/h6-19,27,29H,5H2,1-4H3. The van der Waals surface area contributed by atoms with E-state index in [2.05, 4.69) is 81.5 Å². The number of carbonyl (C=O) groups is 1. The number of aryl methyl sites for hydroxylation is 1. The van der Waals surface area contributed by atoms with E-state index in [9.17, 15) is 4.79 Å². The number of ether oxygens (including phenoxy) is 2. The molecule has 0 aromatic heterocycles. The average Bonchev–Trinajstić information content (AvgIpc) is 2.82. The van der Waals surface area contributed by atoms with Gasteiger partial charge in [-0.25, -0.2) is 4.79 Å². The summed E-state index contributed by atoms with van der Waals surface area (Å²) in [6.07, 6.45) is 6.87. The number of fused-ring (bicyclic) bond motifs is 2. The van der Waals surface area contributed by atoms with Crippen LogP contribution in [0.5, 0.6) is 0 Å². The third kappa shape index (κ3) is 4.36. The van der Waals surface area contributed by atoms with Crippen LogP contribution in [0.1, 0.15) is 42.3 Å². The van der Waals surface area contributed by atoms with Crippen molar-refractivity contribution in [3.05, 3.63) is 99.9 Å². The van der Waals surface area contributed by atoms with Gasteiger partial charge in [0.25, 0.3) is 0 Å². The van der Waals surface area contributed by atoms with Crippen molar-refractivity contribution in [2.75, 3.05) is 6.61 Å². The minimum atomic E-state index is -0.330. The van der Waals surface area contributed by atoms with Crippen molar-refractivity contribution < 1.29 is 14.3 Å². The molecule has 0 amide bonds. The van der Waals surface area contributed by atoms with Crippen molar-refractivity contribution in [2.45, 2.75) is 39.4 Å². The molecule has 3 nitrogen and oxygen atoms in total. The Labute approximate surface area is 201 Å². The molecule has 0 fully saturated rings. The van der Waals surface area contributed by atoms with Gasteiger partial charge in [-0.1, -0.05) is 60.2 Å². The fourth-order valence-corrected chi connectivity index (χ4v) is 4.88. The van der Waals surface area contributed by atoms with Gasteiger partial charge in [-0.3, -0.25) is 0 Å². The third-order valence-electron chi connectivity index (χ3n) is 6.56. The van der Waals surface area contributed by atoms with E-state index in [4.69, 9.17) is 9.47 Å². The summed E-state index contributed by atoms with van der Waals surface area (Å²) in [5, 5.41) is 2.39. The summed E-state index contributed by atoms with van der Waals surface area (Å²) in [5.41, 5.74) is 6.25. The van der Waals surface area contributed by atoms with Crippen molar-refractivity contribution >= 4 is 23.7 Å². The smallest absolute Gasteiger partial charge is 0.338 e. The number of rotatable bonds is 4. The van der Waals surface area contributed by atoms with E-state index in [-0.39, 0.29) is 23.6 Å². The van der Waals surface area contributed by atoms with E-state index in [0.717, 1.165) is 11.1 Å². The molecular formula is C31H30O3. The summed E-state index contributed by atoms with van der Waals surface area (Å²) < 4.78 is 11.6. The highest BCUT2D eigenvalue weighted by Gasteiger charge is 2.35. The van der Waals surface area contributed by atoms with E-state index in [1.165, 1.54) is 27.1 Å². The van der Waals surface area contributed by atoms with Crippen LogP contribution >= 0.6 is 0 Å². The topological polar surface area (TPSA) is 35.5 Å². The SMILES string of the molecule is CCOC(=O)c1ccc(-c2ccc3c(c2)=CC2C(c4ccc(C)cc4)=CC(C)(C)OC2C=3)cc1. The normalized spacial score (nSPS) is 20.2. The fraction of sp³-hybridized carbons (Fsp3) is 0.258. The monoisotopic (exact) mass is 450 g/mol. The Balaban J connectivity index is 1.54. The second kappa shape index (κ2) is 8.73. The zero-order chi connectivity index (χ0) is 23.9. The lowest BCUT2D eigenvalue weighted by molar-refractivity contribution is -0.0261. The van der Waals surface area contributed by atoms with Gasteiger partial charge in [0.15, 0.2) is 0 Å². The number of hydrogen-bond acceptors (Lipinski definition) is 3. The highest BCUT2D eigenvalue weighted by molar-refractivity contribution is 5.90. The van der Waals surface area contributed by atoms with Crippen molar-refractivity contribution in [1.82, 2.24) is 0 Å². The van der Waals surface area contributed by atoms with Crippen LogP contribution in [0.2, 0.25) is 0 Å². The van der Waals surface area contributed by atoms with Crippen LogP contribution in [0.3, 0.4) is 0 Å². The number of esters is 1. The molecule has 2 unspecified atom stereocenters. The highest BCUT2D eigenvalue weighted by atomic mass is 16.5. The van der Waals surface area contributed by atoms with Gasteiger partial charge in [0.05, 0.1) is 23.9 Å². The molecule has 0 saturated carbocycles.